The quantitative estimate of drug-likeness (QED) is 0.886. The summed E-state index contributed by atoms with van der Waals surface area (Å²) in [5, 5.41) is 6.02. The van der Waals surface area contributed by atoms with Crippen LogP contribution in [0.5, 0.6) is 0 Å². The van der Waals surface area contributed by atoms with Crippen LogP contribution in [0, 0.1) is 12.8 Å². The van der Waals surface area contributed by atoms with E-state index in [1.165, 1.54) is 6.33 Å². The van der Waals surface area contributed by atoms with Crippen molar-refractivity contribution in [2.45, 2.75) is 20.8 Å². The number of hydrogen-bond donors (Lipinski definition) is 2. The fourth-order valence-corrected chi connectivity index (χ4v) is 1.81. The summed E-state index contributed by atoms with van der Waals surface area (Å²) in [7, 11) is 0. The van der Waals surface area contributed by atoms with E-state index in [1.54, 1.807) is 6.07 Å². The summed E-state index contributed by atoms with van der Waals surface area (Å²) >= 11 is 0. The lowest BCUT2D eigenvalue weighted by Gasteiger charge is -2.09. The van der Waals surface area contributed by atoms with Crippen molar-refractivity contribution in [1.29, 1.82) is 0 Å². The predicted molar refractivity (Wildman–Crippen MR) is 83.7 cm³/mol. The topological polar surface area (TPSA) is 66.9 Å². The highest BCUT2D eigenvalue weighted by Gasteiger charge is 2.09. The fourth-order valence-electron chi connectivity index (χ4n) is 1.81. The van der Waals surface area contributed by atoms with Gasteiger partial charge in [0.05, 0.1) is 0 Å². The number of amides is 1. The second kappa shape index (κ2) is 6.83. The molecule has 0 radical (unpaired) electrons. The van der Waals surface area contributed by atoms with Gasteiger partial charge in [-0.15, -0.1) is 0 Å². The number of carbonyl (C=O) groups excluding carboxylic acids is 1. The smallest absolute Gasteiger partial charge is 0.270 e. The monoisotopic (exact) mass is 284 g/mol. The van der Waals surface area contributed by atoms with E-state index in [0.717, 1.165) is 11.3 Å². The van der Waals surface area contributed by atoms with Gasteiger partial charge in [-0.3, -0.25) is 4.79 Å². The van der Waals surface area contributed by atoms with Crippen LogP contribution in [-0.2, 0) is 0 Å². The van der Waals surface area contributed by atoms with Crippen LogP contribution in [0.2, 0.25) is 0 Å². The first-order valence-corrected chi connectivity index (χ1v) is 6.98. The molecule has 2 N–H and O–H groups in total. The summed E-state index contributed by atoms with van der Waals surface area (Å²) in [5.41, 5.74) is 2.45. The number of aryl methyl sites for hydroxylation is 1. The summed E-state index contributed by atoms with van der Waals surface area (Å²) in [6.07, 6.45) is 1.39. The van der Waals surface area contributed by atoms with Crippen LogP contribution in [0.4, 0.5) is 11.5 Å². The van der Waals surface area contributed by atoms with Gasteiger partial charge < -0.3 is 10.6 Å². The van der Waals surface area contributed by atoms with Gasteiger partial charge in [0.2, 0.25) is 0 Å². The Hall–Kier alpha value is -2.43. The Morgan fingerprint density at radius 2 is 2.05 bits per heavy atom. The molecule has 0 saturated heterocycles. The zero-order chi connectivity index (χ0) is 15.2. The molecule has 0 fully saturated rings. The summed E-state index contributed by atoms with van der Waals surface area (Å²) < 4.78 is 0. The highest BCUT2D eigenvalue weighted by Crippen LogP contribution is 2.15. The molecule has 0 bridgehead atoms. The lowest BCUT2D eigenvalue weighted by atomic mass is 10.2. The summed E-state index contributed by atoms with van der Waals surface area (Å²) in [6.45, 7) is 6.75. The predicted octanol–water partition coefficient (Wildman–Crippen LogP) is 2.91. The lowest BCUT2D eigenvalue weighted by Crippen LogP contribution is -2.28. The van der Waals surface area contributed by atoms with Crippen molar-refractivity contribution in [2.75, 3.05) is 11.9 Å². The van der Waals surface area contributed by atoms with E-state index >= 15 is 0 Å². The van der Waals surface area contributed by atoms with Gasteiger partial charge in [-0.25, -0.2) is 9.97 Å². The number of rotatable bonds is 5. The molecule has 21 heavy (non-hydrogen) atoms. The molecule has 1 aromatic heterocycles. The molecular weight excluding hydrogens is 264 g/mol. The minimum atomic E-state index is -0.182. The van der Waals surface area contributed by atoms with Crippen LogP contribution < -0.4 is 10.6 Å². The summed E-state index contributed by atoms with van der Waals surface area (Å²) in [5.74, 6) is 0.823. The van der Waals surface area contributed by atoms with Crippen LogP contribution in [0.3, 0.4) is 0 Å². The Morgan fingerprint density at radius 3 is 2.76 bits per heavy atom. The van der Waals surface area contributed by atoms with Gasteiger partial charge in [-0.05, 0) is 30.5 Å². The van der Waals surface area contributed by atoms with Crippen molar-refractivity contribution in [3.05, 3.63) is 47.9 Å². The number of benzene rings is 1. The minimum absolute atomic E-state index is 0.182. The summed E-state index contributed by atoms with van der Waals surface area (Å²) in [6, 6.07) is 9.61. The van der Waals surface area contributed by atoms with Gasteiger partial charge in [0, 0.05) is 18.3 Å². The van der Waals surface area contributed by atoms with Crippen molar-refractivity contribution >= 4 is 17.4 Å². The van der Waals surface area contributed by atoms with Gasteiger partial charge in [-0.1, -0.05) is 26.0 Å². The molecule has 110 valence electrons. The maximum atomic E-state index is 12.0. The molecule has 0 aliphatic carbocycles. The van der Waals surface area contributed by atoms with Crippen LogP contribution in [-0.4, -0.2) is 22.4 Å². The fraction of sp³-hybridized carbons (Fsp3) is 0.312. The Morgan fingerprint density at radius 1 is 1.24 bits per heavy atom. The number of nitrogens with zero attached hydrogens (tertiary/aromatic N) is 2. The lowest BCUT2D eigenvalue weighted by molar-refractivity contribution is 0.0944. The number of hydrogen-bond acceptors (Lipinski definition) is 4. The second-order valence-electron chi connectivity index (χ2n) is 5.39. The van der Waals surface area contributed by atoms with Crippen LogP contribution in [0.25, 0.3) is 0 Å². The van der Waals surface area contributed by atoms with Gasteiger partial charge in [0.15, 0.2) is 0 Å². The number of carbonyl (C=O) groups is 1. The van der Waals surface area contributed by atoms with E-state index in [9.17, 15) is 4.79 Å². The highest BCUT2D eigenvalue weighted by atomic mass is 16.1. The van der Waals surface area contributed by atoms with Crippen molar-refractivity contribution in [3.8, 4) is 0 Å². The SMILES string of the molecule is Cc1cccc(Nc2cc(C(=O)NCC(C)C)ncn2)c1. The van der Waals surface area contributed by atoms with Crippen molar-refractivity contribution < 1.29 is 4.79 Å². The minimum Gasteiger partial charge on any atom is -0.350 e. The largest absolute Gasteiger partial charge is 0.350 e. The maximum Gasteiger partial charge on any atom is 0.270 e. The Balaban J connectivity index is 2.08. The van der Waals surface area contributed by atoms with Crippen molar-refractivity contribution in [1.82, 2.24) is 15.3 Å². The van der Waals surface area contributed by atoms with E-state index in [-0.39, 0.29) is 5.91 Å². The molecule has 0 unspecified atom stereocenters. The average Bonchev–Trinajstić information content (AvgIpc) is 2.45. The Kier molecular flexibility index (Phi) is 4.87. The van der Waals surface area contributed by atoms with E-state index in [4.69, 9.17) is 0 Å². The molecule has 1 aromatic carbocycles. The molecule has 1 heterocycles. The van der Waals surface area contributed by atoms with Gasteiger partial charge in [-0.2, -0.15) is 0 Å². The molecule has 0 spiro atoms. The number of anilines is 2. The van der Waals surface area contributed by atoms with Gasteiger partial charge in [0.1, 0.15) is 17.8 Å². The van der Waals surface area contributed by atoms with Gasteiger partial charge in [0.25, 0.3) is 5.91 Å². The average molecular weight is 284 g/mol. The molecule has 0 aliphatic heterocycles. The third-order valence-electron chi connectivity index (χ3n) is 2.86. The first-order valence-electron chi connectivity index (χ1n) is 6.98. The Labute approximate surface area is 124 Å². The second-order valence-corrected chi connectivity index (χ2v) is 5.39. The van der Waals surface area contributed by atoms with Crippen LogP contribution in [0.1, 0.15) is 29.9 Å². The van der Waals surface area contributed by atoms with Crippen LogP contribution in [0.15, 0.2) is 36.7 Å². The molecule has 1 amide bonds. The van der Waals surface area contributed by atoms with E-state index < -0.39 is 0 Å². The normalized spacial score (nSPS) is 10.5. The van der Waals surface area contributed by atoms with E-state index in [2.05, 4.69) is 20.6 Å². The summed E-state index contributed by atoms with van der Waals surface area (Å²) in [4.78, 5) is 20.1. The maximum absolute atomic E-state index is 12.0. The molecular formula is C16H20N4O. The van der Waals surface area contributed by atoms with Crippen molar-refractivity contribution in [2.24, 2.45) is 5.92 Å². The van der Waals surface area contributed by atoms with Gasteiger partial charge >= 0.3 is 0 Å². The molecule has 0 saturated carbocycles. The zero-order valence-corrected chi connectivity index (χ0v) is 12.6. The Bertz CT molecular complexity index is 625. The standard InChI is InChI=1S/C16H20N4O/c1-11(2)9-17-16(21)14-8-15(19-10-18-14)20-13-6-4-5-12(3)7-13/h4-8,10-11H,9H2,1-3H3,(H,17,21)(H,18,19,20). The third-order valence-corrected chi connectivity index (χ3v) is 2.86. The first-order chi connectivity index (χ1) is 10.0. The number of aromatic nitrogens is 2. The van der Waals surface area contributed by atoms with Crippen LogP contribution >= 0.6 is 0 Å². The van der Waals surface area contributed by atoms with E-state index in [0.29, 0.717) is 24.0 Å². The molecule has 2 rings (SSSR count). The van der Waals surface area contributed by atoms with Crippen molar-refractivity contribution in [3.63, 3.8) is 0 Å². The first kappa shape index (κ1) is 15.0. The van der Waals surface area contributed by atoms with E-state index in [1.807, 2.05) is 45.0 Å². The molecule has 5 heteroatoms. The highest BCUT2D eigenvalue weighted by molar-refractivity contribution is 5.92. The molecule has 2 aromatic rings. The number of nitrogens with one attached hydrogen (secondary N) is 2. The molecule has 0 aliphatic rings. The zero-order valence-electron chi connectivity index (χ0n) is 12.6. The third kappa shape index (κ3) is 4.56. The molecule has 5 nitrogen and oxygen atoms in total. The molecule has 0 atom stereocenters.